The summed E-state index contributed by atoms with van der Waals surface area (Å²) in [5.74, 6) is -1.80. The lowest BCUT2D eigenvalue weighted by molar-refractivity contribution is -0.139. The molecular formula is C25H28ClF4N3O4S. The molecule has 2 amide bonds. The lowest BCUT2D eigenvalue weighted by atomic mass is 10.1. The topological polar surface area (TPSA) is 86.8 Å². The van der Waals surface area contributed by atoms with Crippen LogP contribution in [-0.4, -0.2) is 50.0 Å². The molecule has 2 aromatic rings. The molecule has 1 saturated carbocycles. The van der Waals surface area contributed by atoms with Gasteiger partial charge in [0.2, 0.25) is 21.8 Å². The third kappa shape index (κ3) is 7.59. The number of carbonyl (C=O) groups excluding carboxylic acids is 2. The minimum Gasteiger partial charge on any atom is -0.352 e. The number of benzene rings is 2. The summed E-state index contributed by atoms with van der Waals surface area (Å²) >= 11 is 5.67. The molecule has 0 aliphatic heterocycles. The van der Waals surface area contributed by atoms with E-state index in [4.69, 9.17) is 11.6 Å². The van der Waals surface area contributed by atoms with Gasteiger partial charge in [-0.1, -0.05) is 36.6 Å². The highest BCUT2D eigenvalue weighted by molar-refractivity contribution is 7.92. The minimum atomic E-state index is -4.86. The van der Waals surface area contributed by atoms with Crippen LogP contribution < -0.4 is 9.62 Å². The molecule has 2 aromatic carbocycles. The second-order valence-electron chi connectivity index (χ2n) is 9.25. The van der Waals surface area contributed by atoms with Crippen molar-refractivity contribution in [1.29, 1.82) is 0 Å². The second kappa shape index (κ2) is 11.9. The fraction of sp³-hybridized carbons (Fsp3) is 0.440. The highest BCUT2D eigenvalue weighted by Crippen LogP contribution is 2.37. The van der Waals surface area contributed by atoms with Crippen molar-refractivity contribution in [2.24, 2.45) is 0 Å². The Kier molecular flexibility index (Phi) is 9.30. The number of alkyl halides is 3. The van der Waals surface area contributed by atoms with Crippen LogP contribution in [-0.2, 0) is 32.3 Å². The maximum atomic E-state index is 13.5. The van der Waals surface area contributed by atoms with Gasteiger partial charge in [0.15, 0.2) is 0 Å². The quantitative estimate of drug-likeness (QED) is 0.436. The van der Waals surface area contributed by atoms with Crippen molar-refractivity contribution in [2.75, 3.05) is 17.1 Å². The zero-order valence-electron chi connectivity index (χ0n) is 20.8. The van der Waals surface area contributed by atoms with Crippen molar-refractivity contribution in [3.63, 3.8) is 0 Å². The third-order valence-corrected chi connectivity index (χ3v) is 7.83. The predicted molar refractivity (Wildman–Crippen MR) is 135 cm³/mol. The Morgan fingerprint density at radius 3 is 2.26 bits per heavy atom. The lowest BCUT2D eigenvalue weighted by Crippen LogP contribution is -2.52. The molecule has 0 aromatic heterocycles. The maximum Gasteiger partial charge on any atom is 0.417 e. The minimum absolute atomic E-state index is 0.0462. The number of nitrogens with zero attached hydrogens (tertiary/aromatic N) is 2. The number of rotatable bonds is 9. The van der Waals surface area contributed by atoms with Gasteiger partial charge in [-0.3, -0.25) is 13.9 Å². The molecule has 7 nitrogen and oxygen atoms in total. The van der Waals surface area contributed by atoms with Crippen LogP contribution in [0.3, 0.4) is 0 Å². The molecule has 38 heavy (non-hydrogen) atoms. The van der Waals surface area contributed by atoms with Gasteiger partial charge in [-0.2, -0.15) is 13.2 Å². The summed E-state index contributed by atoms with van der Waals surface area (Å²) in [6.07, 6.45) is -0.594. The van der Waals surface area contributed by atoms with Crippen molar-refractivity contribution < 1.29 is 35.6 Å². The Balaban J connectivity index is 1.93. The lowest BCUT2D eigenvalue weighted by Gasteiger charge is -2.32. The molecule has 1 fully saturated rings. The monoisotopic (exact) mass is 577 g/mol. The van der Waals surface area contributed by atoms with E-state index >= 15 is 0 Å². The summed E-state index contributed by atoms with van der Waals surface area (Å²) in [6, 6.07) is 6.61. The number of sulfonamides is 1. The van der Waals surface area contributed by atoms with Gasteiger partial charge in [0.25, 0.3) is 0 Å². The van der Waals surface area contributed by atoms with Gasteiger partial charge in [0.1, 0.15) is 18.4 Å². The molecule has 0 spiro atoms. The number of hydrogen-bond acceptors (Lipinski definition) is 4. The third-order valence-electron chi connectivity index (χ3n) is 6.36. The average Bonchev–Trinajstić information content (AvgIpc) is 3.33. The van der Waals surface area contributed by atoms with Gasteiger partial charge in [-0.15, -0.1) is 0 Å². The van der Waals surface area contributed by atoms with E-state index in [0.717, 1.165) is 49.0 Å². The molecule has 1 unspecified atom stereocenters. The smallest absolute Gasteiger partial charge is 0.352 e. The summed E-state index contributed by atoms with van der Waals surface area (Å²) in [5, 5.41) is 2.26. The van der Waals surface area contributed by atoms with Gasteiger partial charge in [-0.05, 0) is 55.7 Å². The number of hydrogen-bond donors (Lipinski definition) is 1. The predicted octanol–water partition coefficient (Wildman–Crippen LogP) is 4.74. The fourth-order valence-electron chi connectivity index (χ4n) is 4.26. The molecule has 13 heteroatoms. The van der Waals surface area contributed by atoms with Crippen LogP contribution in [0.4, 0.5) is 23.2 Å². The van der Waals surface area contributed by atoms with E-state index in [1.165, 1.54) is 31.2 Å². The number of carbonyl (C=O) groups is 2. The molecule has 1 aliphatic rings. The first-order valence-corrected chi connectivity index (χ1v) is 14.1. The largest absolute Gasteiger partial charge is 0.417 e. The van der Waals surface area contributed by atoms with Crippen LogP contribution >= 0.6 is 11.6 Å². The molecule has 1 atom stereocenters. The van der Waals surface area contributed by atoms with Crippen LogP contribution in [0, 0.1) is 5.82 Å². The van der Waals surface area contributed by atoms with Crippen molar-refractivity contribution in [1.82, 2.24) is 10.2 Å². The summed E-state index contributed by atoms with van der Waals surface area (Å²) in [4.78, 5) is 27.6. The van der Waals surface area contributed by atoms with Crippen molar-refractivity contribution in [3.05, 3.63) is 64.4 Å². The molecule has 0 heterocycles. The first-order valence-electron chi connectivity index (χ1n) is 11.9. The molecule has 3 rings (SSSR count). The molecule has 1 aliphatic carbocycles. The van der Waals surface area contributed by atoms with Gasteiger partial charge < -0.3 is 10.2 Å². The van der Waals surface area contributed by atoms with Crippen LogP contribution in [0.25, 0.3) is 0 Å². The van der Waals surface area contributed by atoms with Crippen molar-refractivity contribution >= 4 is 39.1 Å². The van der Waals surface area contributed by atoms with E-state index in [0.29, 0.717) is 15.9 Å². The summed E-state index contributed by atoms with van der Waals surface area (Å²) < 4.78 is 79.4. The Morgan fingerprint density at radius 1 is 1.11 bits per heavy atom. The van der Waals surface area contributed by atoms with Gasteiger partial charge in [0.05, 0.1) is 22.5 Å². The molecule has 0 bridgehead atoms. The zero-order chi connectivity index (χ0) is 28.3. The van der Waals surface area contributed by atoms with Crippen LogP contribution in [0.1, 0.15) is 43.7 Å². The van der Waals surface area contributed by atoms with E-state index in [1.54, 1.807) is 0 Å². The Morgan fingerprint density at radius 2 is 1.71 bits per heavy atom. The molecule has 0 saturated heterocycles. The molecule has 0 radical (unpaired) electrons. The van der Waals surface area contributed by atoms with Gasteiger partial charge in [0, 0.05) is 12.6 Å². The average molecular weight is 578 g/mol. The van der Waals surface area contributed by atoms with Gasteiger partial charge in [-0.25, -0.2) is 12.8 Å². The maximum absolute atomic E-state index is 13.5. The first kappa shape index (κ1) is 29.7. The number of nitrogens with one attached hydrogen (secondary N) is 1. The Hall–Kier alpha value is -2.86. The first-order chi connectivity index (χ1) is 17.7. The SMILES string of the molecule is CC(C(=O)NC1CCCC1)N(Cc1ccc(F)cc1)C(=O)CN(c1ccc(Cl)c(C(F)(F)F)c1)S(C)(=O)=O. The molecular weight excluding hydrogens is 550 g/mol. The number of halogens is 5. The highest BCUT2D eigenvalue weighted by atomic mass is 35.5. The van der Waals surface area contributed by atoms with Crippen molar-refractivity contribution in [3.8, 4) is 0 Å². The van der Waals surface area contributed by atoms with Crippen LogP contribution in [0.2, 0.25) is 5.02 Å². The second-order valence-corrected chi connectivity index (χ2v) is 11.6. The van der Waals surface area contributed by atoms with Gasteiger partial charge >= 0.3 is 6.18 Å². The highest BCUT2D eigenvalue weighted by Gasteiger charge is 2.36. The molecule has 208 valence electrons. The Bertz CT molecular complexity index is 1270. The zero-order valence-corrected chi connectivity index (χ0v) is 22.3. The fourth-order valence-corrected chi connectivity index (χ4v) is 5.33. The van der Waals surface area contributed by atoms with Crippen LogP contribution in [0.5, 0.6) is 0 Å². The van der Waals surface area contributed by atoms with E-state index < -0.39 is 62.7 Å². The van der Waals surface area contributed by atoms with Crippen LogP contribution in [0.15, 0.2) is 42.5 Å². The normalized spacial score (nSPS) is 15.2. The van der Waals surface area contributed by atoms with E-state index in [2.05, 4.69) is 5.32 Å². The summed E-state index contributed by atoms with van der Waals surface area (Å²) in [7, 11) is -4.24. The van der Waals surface area contributed by atoms with E-state index in [9.17, 15) is 35.6 Å². The molecule has 1 N–H and O–H groups in total. The van der Waals surface area contributed by atoms with E-state index in [-0.39, 0.29) is 12.6 Å². The summed E-state index contributed by atoms with van der Waals surface area (Å²) in [5.41, 5.74) is -1.20. The number of amides is 2. The van der Waals surface area contributed by atoms with Crippen molar-refractivity contribution in [2.45, 2.75) is 57.4 Å². The standard InChI is InChI=1S/C25H28ClF4N3O4S/c1-16(24(35)31-19-5-3-4-6-19)32(14-17-7-9-18(27)10-8-17)23(34)15-33(38(2,36)37)20-11-12-22(26)21(13-20)25(28,29)30/h7-13,16,19H,3-6,14-15H2,1-2H3,(H,31,35). The Labute approximate surface area is 223 Å². The number of anilines is 1. The summed E-state index contributed by atoms with van der Waals surface area (Å²) in [6.45, 7) is 0.435. The van der Waals surface area contributed by atoms with E-state index in [1.807, 2.05) is 0 Å².